The van der Waals surface area contributed by atoms with Crippen molar-refractivity contribution in [3.63, 3.8) is 0 Å². The summed E-state index contributed by atoms with van der Waals surface area (Å²) in [6.07, 6.45) is 6.15. The maximum atomic E-state index is 11.5. The lowest BCUT2D eigenvalue weighted by Crippen LogP contribution is -2.54. The van der Waals surface area contributed by atoms with E-state index in [1.165, 1.54) is 12.8 Å². The van der Waals surface area contributed by atoms with Crippen LogP contribution in [0.2, 0.25) is 0 Å². The first-order valence-electron chi connectivity index (χ1n) is 6.16. The van der Waals surface area contributed by atoms with Gasteiger partial charge in [0.05, 0.1) is 0 Å². The molecule has 1 saturated carbocycles. The zero-order valence-corrected chi connectivity index (χ0v) is 9.96. The van der Waals surface area contributed by atoms with Crippen molar-refractivity contribution in [2.75, 3.05) is 13.1 Å². The molecule has 0 radical (unpaired) electrons. The minimum atomic E-state index is -0.617. The van der Waals surface area contributed by atoms with Crippen LogP contribution in [0.15, 0.2) is 0 Å². The van der Waals surface area contributed by atoms with Crippen molar-refractivity contribution in [1.82, 2.24) is 4.90 Å². The summed E-state index contributed by atoms with van der Waals surface area (Å²) < 4.78 is 0. The highest BCUT2D eigenvalue weighted by Gasteiger charge is 2.42. The third kappa shape index (κ3) is 2.51. The summed E-state index contributed by atoms with van der Waals surface area (Å²) in [5, 5.41) is 9.50. The molecule has 0 spiro atoms. The highest BCUT2D eigenvalue weighted by atomic mass is 16.4. The predicted octanol–water partition coefficient (Wildman–Crippen LogP) is 2.51. The van der Waals surface area contributed by atoms with Gasteiger partial charge in [-0.2, -0.15) is 0 Å². The molecule has 88 valence electrons. The molecule has 0 aromatic rings. The third-order valence-electron chi connectivity index (χ3n) is 3.70. The first-order valence-corrected chi connectivity index (χ1v) is 6.16. The van der Waals surface area contributed by atoms with E-state index in [-0.39, 0.29) is 0 Å². The van der Waals surface area contributed by atoms with E-state index in [0.29, 0.717) is 0 Å². The van der Waals surface area contributed by atoms with Gasteiger partial charge >= 0.3 is 5.97 Å². The zero-order chi connectivity index (χ0) is 11.3. The zero-order valence-electron chi connectivity index (χ0n) is 9.96. The minimum absolute atomic E-state index is 0.569. The molecule has 0 unspecified atom stereocenters. The molecule has 0 heterocycles. The Kier molecular flexibility index (Phi) is 4.58. The summed E-state index contributed by atoms with van der Waals surface area (Å²) in [6.45, 7) is 5.78. The average Bonchev–Trinajstić information content (AvgIpc) is 2.46. The van der Waals surface area contributed by atoms with Gasteiger partial charge in [-0.1, -0.05) is 39.5 Å². The Morgan fingerprint density at radius 1 is 1.13 bits per heavy atom. The molecule has 1 N–H and O–H groups in total. The second kappa shape index (κ2) is 5.50. The molecule has 0 bridgehead atoms. The van der Waals surface area contributed by atoms with E-state index in [9.17, 15) is 9.90 Å². The van der Waals surface area contributed by atoms with E-state index in [1.807, 2.05) is 0 Å². The number of hydrogen-bond acceptors (Lipinski definition) is 2. The van der Waals surface area contributed by atoms with Crippen molar-refractivity contribution in [3.05, 3.63) is 0 Å². The molecule has 0 aliphatic heterocycles. The number of hydrogen-bond donors (Lipinski definition) is 1. The molecule has 1 fully saturated rings. The summed E-state index contributed by atoms with van der Waals surface area (Å²) in [7, 11) is 0. The number of carbonyl (C=O) groups is 1. The van der Waals surface area contributed by atoms with Crippen molar-refractivity contribution in [1.29, 1.82) is 0 Å². The van der Waals surface area contributed by atoms with E-state index >= 15 is 0 Å². The average molecular weight is 213 g/mol. The van der Waals surface area contributed by atoms with Crippen LogP contribution in [0, 0.1) is 0 Å². The smallest absolute Gasteiger partial charge is 0.324 e. The van der Waals surface area contributed by atoms with E-state index < -0.39 is 11.5 Å². The van der Waals surface area contributed by atoms with Gasteiger partial charge in [0, 0.05) is 0 Å². The molecule has 0 aromatic heterocycles. The highest BCUT2D eigenvalue weighted by molar-refractivity contribution is 5.78. The normalized spacial score (nSPS) is 21.3. The second-order valence-corrected chi connectivity index (χ2v) is 4.42. The molecular weight excluding hydrogens is 190 g/mol. The van der Waals surface area contributed by atoms with Crippen molar-refractivity contribution < 1.29 is 9.90 Å². The summed E-state index contributed by atoms with van der Waals surface area (Å²) in [5.74, 6) is -0.617. The summed E-state index contributed by atoms with van der Waals surface area (Å²) in [6, 6.07) is 0. The highest BCUT2D eigenvalue weighted by Crippen LogP contribution is 2.32. The van der Waals surface area contributed by atoms with Gasteiger partial charge in [0.2, 0.25) is 0 Å². The number of likely N-dealkylation sites (N-methyl/N-ethyl adjacent to an activating group) is 1. The fourth-order valence-corrected chi connectivity index (χ4v) is 2.81. The maximum absolute atomic E-state index is 11.5. The van der Waals surface area contributed by atoms with Gasteiger partial charge in [-0.3, -0.25) is 9.69 Å². The number of rotatable bonds is 4. The molecule has 0 atom stereocenters. The number of aliphatic carboxylic acids is 1. The van der Waals surface area contributed by atoms with Crippen LogP contribution in [-0.2, 0) is 4.79 Å². The molecule has 1 rings (SSSR count). The van der Waals surface area contributed by atoms with Crippen LogP contribution in [0.5, 0.6) is 0 Å². The van der Waals surface area contributed by atoms with Crippen LogP contribution >= 0.6 is 0 Å². The van der Waals surface area contributed by atoms with Crippen molar-refractivity contribution >= 4 is 5.97 Å². The monoisotopic (exact) mass is 213 g/mol. The molecule has 3 nitrogen and oxygen atoms in total. The number of carboxylic acids is 1. The molecule has 15 heavy (non-hydrogen) atoms. The molecule has 3 heteroatoms. The van der Waals surface area contributed by atoms with Crippen molar-refractivity contribution in [2.24, 2.45) is 0 Å². The van der Waals surface area contributed by atoms with Gasteiger partial charge in [-0.25, -0.2) is 0 Å². The summed E-state index contributed by atoms with van der Waals surface area (Å²) in [4.78, 5) is 13.7. The van der Waals surface area contributed by atoms with Gasteiger partial charge in [0.1, 0.15) is 5.54 Å². The van der Waals surface area contributed by atoms with Crippen LogP contribution < -0.4 is 0 Å². The topological polar surface area (TPSA) is 40.5 Å². The third-order valence-corrected chi connectivity index (χ3v) is 3.70. The lowest BCUT2D eigenvalue weighted by atomic mass is 9.88. The second-order valence-electron chi connectivity index (χ2n) is 4.42. The number of nitrogens with zero attached hydrogens (tertiary/aromatic N) is 1. The molecule has 0 amide bonds. The summed E-state index contributed by atoms with van der Waals surface area (Å²) in [5.41, 5.74) is -0.569. The maximum Gasteiger partial charge on any atom is 0.324 e. The van der Waals surface area contributed by atoms with Crippen LogP contribution in [0.25, 0.3) is 0 Å². The van der Waals surface area contributed by atoms with Gasteiger partial charge in [0.15, 0.2) is 0 Å². The van der Waals surface area contributed by atoms with E-state index in [0.717, 1.165) is 38.8 Å². The lowest BCUT2D eigenvalue weighted by molar-refractivity contribution is -0.152. The minimum Gasteiger partial charge on any atom is -0.480 e. The van der Waals surface area contributed by atoms with Crippen LogP contribution in [-0.4, -0.2) is 34.6 Å². The molecule has 1 aliphatic carbocycles. The quantitative estimate of drug-likeness (QED) is 0.729. The summed E-state index contributed by atoms with van der Waals surface area (Å²) >= 11 is 0. The Balaban J connectivity index is 2.88. The van der Waals surface area contributed by atoms with Crippen LogP contribution in [0.4, 0.5) is 0 Å². The largest absolute Gasteiger partial charge is 0.480 e. The van der Waals surface area contributed by atoms with Crippen LogP contribution in [0.1, 0.15) is 52.4 Å². The standard InChI is InChI=1S/C12H23NO2/c1-3-13(4-2)12(11(14)15)9-7-5-6-8-10-12/h3-10H2,1-2H3,(H,14,15). The predicted molar refractivity (Wildman–Crippen MR) is 61.0 cm³/mol. The van der Waals surface area contributed by atoms with Crippen LogP contribution in [0.3, 0.4) is 0 Å². The van der Waals surface area contributed by atoms with Gasteiger partial charge < -0.3 is 5.11 Å². The Hall–Kier alpha value is -0.570. The lowest BCUT2D eigenvalue weighted by Gasteiger charge is -2.39. The van der Waals surface area contributed by atoms with Gasteiger partial charge in [-0.15, -0.1) is 0 Å². The van der Waals surface area contributed by atoms with E-state index in [1.54, 1.807) is 0 Å². The fourth-order valence-electron chi connectivity index (χ4n) is 2.81. The molecular formula is C12H23NO2. The van der Waals surface area contributed by atoms with E-state index in [4.69, 9.17) is 0 Å². The number of carboxylic acid groups (broad SMARTS) is 1. The van der Waals surface area contributed by atoms with E-state index in [2.05, 4.69) is 18.7 Å². The first-order chi connectivity index (χ1) is 7.17. The Bertz CT molecular complexity index is 204. The Labute approximate surface area is 92.5 Å². The molecule has 1 aliphatic rings. The Morgan fingerprint density at radius 3 is 1.93 bits per heavy atom. The van der Waals surface area contributed by atoms with Crippen molar-refractivity contribution in [2.45, 2.75) is 57.9 Å². The molecule has 0 aromatic carbocycles. The van der Waals surface area contributed by atoms with Crippen molar-refractivity contribution in [3.8, 4) is 0 Å². The SMILES string of the molecule is CCN(CC)C1(C(=O)O)CCCCCC1. The molecule has 0 saturated heterocycles. The fraction of sp³-hybridized carbons (Fsp3) is 0.917. The Morgan fingerprint density at radius 2 is 1.60 bits per heavy atom. The van der Waals surface area contributed by atoms with Gasteiger partial charge in [-0.05, 0) is 25.9 Å². The first kappa shape index (κ1) is 12.5. The van der Waals surface area contributed by atoms with Gasteiger partial charge in [0.25, 0.3) is 0 Å².